The number of carbonyl (C=O) groups is 2. The van der Waals surface area contributed by atoms with Crippen LogP contribution in [0.2, 0.25) is 0 Å². The number of nitrogens with one attached hydrogen (secondary N) is 1. The van der Waals surface area contributed by atoms with Gasteiger partial charge in [0.25, 0.3) is 5.91 Å². The molecule has 0 aliphatic carbocycles. The number of thiophene rings is 1. The average Bonchev–Trinajstić information content (AvgIpc) is 3.39. The predicted molar refractivity (Wildman–Crippen MR) is 122 cm³/mol. The van der Waals surface area contributed by atoms with Crippen molar-refractivity contribution in [3.63, 3.8) is 0 Å². The fraction of sp³-hybridized carbons (Fsp3) is 0.217. The molecule has 1 saturated heterocycles. The first-order valence-corrected chi connectivity index (χ1v) is 11.4. The van der Waals surface area contributed by atoms with Crippen molar-refractivity contribution in [3.8, 4) is 0 Å². The monoisotopic (exact) mass is 422 g/mol. The highest BCUT2D eigenvalue weighted by atomic mass is 32.2. The Morgan fingerprint density at radius 3 is 2.41 bits per heavy atom. The van der Waals surface area contributed by atoms with E-state index in [1.807, 2.05) is 52.7 Å². The van der Waals surface area contributed by atoms with Gasteiger partial charge in [-0.15, -0.1) is 23.1 Å². The van der Waals surface area contributed by atoms with E-state index in [9.17, 15) is 9.59 Å². The highest BCUT2D eigenvalue weighted by molar-refractivity contribution is 8.00. The lowest BCUT2D eigenvalue weighted by Gasteiger charge is -2.25. The Labute approximate surface area is 178 Å². The lowest BCUT2D eigenvalue weighted by atomic mass is 10.0. The number of thioether (sulfide) groups is 1. The minimum Gasteiger partial charge on any atom is -0.321 e. The Hall–Kier alpha value is -2.57. The molecule has 1 aliphatic heterocycles. The summed E-state index contributed by atoms with van der Waals surface area (Å²) in [5, 5.41) is 4.74. The van der Waals surface area contributed by atoms with Crippen molar-refractivity contribution < 1.29 is 9.59 Å². The molecule has 3 aromatic rings. The molecule has 1 aliphatic rings. The summed E-state index contributed by atoms with van der Waals surface area (Å²) in [6, 6.07) is 19.7. The number of amides is 2. The number of benzene rings is 2. The zero-order chi connectivity index (χ0) is 20.4. The van der Waals surface area contributed by atoms with Crippen LogP contribution in [0.1, 0.15) is 45.9 Å². The lowest BCUT2D eigenvalue weighted by molar-refractivity contribution is -0.115. The number of nitrogens with zero attached hydrogens (tertiary/aromatic N) is 1. The van der Waals surface area contributed by atoms with E-state index in [2.05, 4.69) is 31.3 Å². The van der Waals surface area contributed by atoms with Crippen LogP contribution in [0.4, 0.5) is 11.4 Å². The van der Waals surface area contributed by atoms with Gasteiger partial charge in [-0.05, 0) is 52.8 Å². The Balaban J connectivity index is 1.52. The van der Waals surface area contributed by atoms with Crippen molar-refractivity contribution in [1.29, 1.82) is 0 Å². The number of rotatable bonds is 5. The first-order chi connectivity index (χ1) is 14.0. The summed E-state index contributed by atoms with van der Waals surface area (Å²) in [4.78, 5) is 27.3. The number of carbonyl (C=O) groups excluding carboxylic acids is 2. The molecular weight excluding hydrogens is 400 g/mol. The maximum Gasteiger partial charge on any atom is 0.265 e. The van der Waals surface area contributed by atoms with E-state index < -0.39 is 0 Å². The molecule has 1 unspecified atom stereocenters. The van der Waals surface area contributed by atoms with E-state index in [1.54, 1.807) is 17.8 Å². The molecule has 2 heterocycles. The smallest absolute Gasteiger partial charge is 0.265 e. The summed E-state index contributed by atoms with van der Waals surface area (Å²) < 4.78 is 0. The SMILES string of the molecule is CC(C)c1ccc(N2C(=O)CSC2c2ccc(NC(=O)c3cccs3)cc2)cc1. The second-order valence-electron chi connectivity index (χ2n) is 7.23. The van der Waals surface area contributed by atoms with E-state index in [4.69, 9.17) is 0 Å². The van der Waals surface area contributed by atoms with Crippen LogP contribution >= 0.6 is 23.1 Å². The van der Waals surface area contributed by atoms with Crippen molar-refractivity contribution in [2.75, 3.05) is 16.0 Å². The standard InChI is InChI=1S/C23H22N2O2S2/c1-15(2)16-7-11-19(12-8-16)25-21(26)14-29-23(25)17-5-9-18(10-6-17)24-22(27)20-4-3-13-28-20/h3-13,15,23H,14H2,1-2H3,(H,24,27). The minimum absolute atomic E-state index is 0.0607. The second-order valence-corrected chi connectivity index (χ2v) is 9.24. The molecule has 0 saturated carbocycles. The van der Waals surface area contributed by atoms with Crippen molar-refractivity contribution in [2.24, 2.45) is 0 Å². The fourth-order valence-electron chi connectivity index (χ4n) is 3.30. The first kappa shape index (κ1) is 19.7. The second kappa shape index (κ2) is 8.43. The Kier molecular flexibility index (Phi) is 5.74. The van der Waals surface area contributed by atoms with Gasteiger partial charge in [-0.2, -0.15) is 0 Å². The van der Waals surface area contributed by atoms with Gasteiger partial charge in [-0.3, -0.25) is 14.5 Å². The summed E-state index contributed by atoms with van der Waals surface area (Å²) in [5.41, 5.74) is 3.97. The van der Waals surface area contributed by atoms with Gasteiger partial charge in [0.1, 0.15) is 5.37 Å². The topological polar surface area (TPSA) is 49.4 Å². The molecule has 0 bridgehead atoms. The van der Waals surface area contributed by atoms with E-state index in [-0.39, 0.29) is 17.2 Å². The van der Waals surface area contributed by atoms with Crippen molar-refractivity contribution in [2.45, 2.75) is 25.1 Å². The van der Waals surface area contributed by atoms with E-state index in [0.717, 1.165) is 16.9 Å². The van der Waals surface area contributed by atoms with Gasteiger partial charge in [-0.25, -0.2) is 0 Å². The van der Waals surface area contributed by atoms with Crippen LogP contribution in [0.3, 0.4) is 0 Å². The van der Waals surface area contributed by atoms with Gasteiger partial charge in [0.05, 0.1) is 10.6 Å². The van der Waals surface area contributed by atoms with Gasteiger partial charge in [0.15, 0.2) is 0 Å². The van der Waals surface area contributed by atoms with Gasteiger partial charge in [0.2, 0.25) is 5.91 Å². The van der Waals surface area contributed by atoms with E-state index in [1.165, 1.54) is 16.9 Å². The molecular formula is C23H22N2O2S2. The van der Waals surface area contributed by atoms with Crippen LogP contribution in [0.15, 0.2) is 66.0 Å². The quantitative estimate of drug-likeness (QED) is 0.557. The maximum atomic E-state index is 12.6. The van der Waals surface area contributed by atoms with Crippen LogP contribution in [-0.2, 0) is 4.79 Å². The molecule has 6 heteroatoms. The molecule has 29 heavy (non-hydrogen) atoms. The molecule has 1 fully saturated rings. The first-order valence-electron chi connectivity index (χ1n) is 9.51. The third kappa shape index (κ3) is 4.23. The van der Waals surface area contributed by atoms with Crippen LogP contribution in [-0.4, -0.2) is 17.6 Å². The van der Waals surface area contributed by atoms with Crippen molar-refractivity contribution in [3.05, 3.63) is 82.0 Å². The Bertz CT molecular complexity index is 996. The summed E-state index contributed by atoms with van der Waals surface area (Å²) in [6.45, 7) is 4.32. The highest BCUT2D eigenvalue weighted by Crippen LogP contribution is 2.42. The molecule has 148 valence electrons. The van der Waals surface area contributed by atoms with Gasteiger partial charge < -0.3 is 5.32 Å². The third-order valence-electron chi connectivity index (χ3n) is 4.90. The molecule has 1 N–H and O–H groups in total. The number of hydrogen-bond acceptors (Lipinski definition) is 4. The van der Waals surface area contributed by atoms with Gasteiger partial charge >= 0.3 is 0 Å². The van der Waals surface area contributed by atoms with Crippen LogP contribution in [0.25, 0.3) is 0 Å². The van der Waals surface area contributed by atoms with Crippen LogP contribution in [0, 0.1) is 0 Å². The molecule has 1 aromatic heterocycles. The molecule has 0 spiro atoms. The molecule has 1 atom stereocenters. The van der Waals surface area contributed by atoms with Crippen molar-refractivity contribution in [1.82, 2.24) is 0 Å². The number of anilines is 2. The zero-order valence-electron chi connectivity index (χ0n) is 16.3. The molecule has 2 amide bonds. The average molecular weight is 423 g/mol. The maximum absolute atomic E-state index is 12.6. The van der Waals surface area contributed by atoms with Gasteiger partial charge in [-0.1, -0.05) is 44.2 Å². The van der Waals surface area contributed by atoms with Gasteiger partial charge in [0, 0.05) is 11.4 Å². The predicted octanol–water partition coefficient (Wildman–Crippen LogP) is 5.90. The highest BCUT2D eigenvalue weighted by Gasteiger charge is 2.34. The lowest BCUT2D eigenvalue weighted by Crippen LogP contribution is -2.27. The molecule has 0 radical (unpaired) electrons. The van der Waals surface area contributed by atoms with E-state index in [0.29, 0.717) is 16.5 Å². The van der Waals surface area contributed by atoms with Crippen LogP contribution < -0.4 is 10.2 Å². The zero-order valence-corrected chi connectivity index (χ0v) is 17.9. The molecule has 4 rings (SSSR count). The normalized spacial score (nSPS) is 16.4. The minimum atomic E-state index is -0.106. The van der Waals surface area contributed by atoms with E-state index >= 15 is 0 Å². The number of hydrogen-bond donors (Lipinski definition) is 1. The Morgan fingerprint density at radius 2 is 1.79 bits per heavy atom. The van der Waals surface area contributed by atoms with Crippen molar-refractivity contribution >= 4 is 46.3 Å². The molecule has 2 aromatic carbocycles. The third-order valence-corrected chi connectivity index (χ3v) is 6.99. The Morgan fingerprint density at radius 1 is 1.07 bits per heavy atom. The summed E-state index contributed by atoms with van der Waals surface area (Å²) >= 11 is 3.04. The summed E-state index contributed by atoms with van der Waals surface area (Å²) in [5.74, 6) is 0.936. The summed E-state index contributed by atoms with van der Waals surface area (Å²) in [6.07, 6.45) is 0. The summed E-state index contributed by atoms with van der Waals surface area (Å²) in [7, 11) is 0. The van der Waals surface area contributed by atoms with Crippen LogP contribution in [0.5, 0.6) is 0 Å². The fourth-order valence-corrected chi connectivity index (χ4v) is 5.10. The largest absolute Gasteiger partial charge is 0.321 e. The molecule has 4 nitrogen and oxygen atoms in total.